The van der Waals surface area contributed by atoms with Crippen LogP contribution in [0.3, 0.4) is 0 Å². The molecule has 0 saturated heterocycles. The van der Waals surface area contributed by atoms with Gasteiger partial charge in [0.05, 0.1) is 6.04 Å². The standard InChI is InChI=1S/C36H42N2O2.C2H6/c1-27-10-8-12-30(22-27)18-19-32-14-4-5-15-33(32)24-38(21-20-35(37)29(3)39)25-34-16-6-7-17-36(34)40-26-31-13-9-11-28(2)23-31;1-2/h4-17,22-23,35H,18-21,24-26,37H2,1-3H3;1-2H3. The lowest BCUT2D eigenvalue weighted by atomic mass is 9.98. The highest BCUT2D eigenvalue weighted by Crippen LogP contribution is 2.24. The molecule has 0 aliphatic carbocycles. The zero-order chi connectivity index (χ0) is 30.3. The van der Waals surface area contributed by atoms with E-state index in [1.807, 2.05) is 26.0 Å². The Morgan fingerprint density at radius 1 is 0.738 bits per heavy atom. The summed E-state index contributed by atoms with van der Waals surface area (Å²) in [5.41, 5.74) is 15.0. The molecular formula is C38H48N2O2. The second-order valence-electron chi connectivity index (χ2n) is 10.9. The lowest BCUT2D eigenvalue weighted by Crippen LogP contribution is -2.34. The second-order valence-corrected chi connectivity index (χ2v) is 10.9. The number of ketones is 1. The number of nitrogens with two attached hydrogens (primary N) is 1. The molecule has 4 rings (SSSR count). The average molecular weight is 565 g/mol. The van der Waals surface area contributed by atoms with Crippen molar-refractivity contribution in [3.05, 3.63) is 136 Å². The molecule has 4 heteroatoms. The largest absolute Gasteiger partial charge is 0.489 e. The molecule has 2 N–H and O–H groups in total. The van der Waals surface area contributed by atoms with Gasteiger partial charge in [0.2, 0.25) is 0 Å². The van der Waals surface area contributed by atoms with Crippen molar-refractivity contribution in [3.8, 4) is 5.75 Å². The van der Waals surface area contributed by atoms with E-state index in [1.54, 1.807) is 6.92 Å². The maximum Gasteiger partial charge on any atom is 0.146 e. The van der Waals surface area contributed by atoms with E-state index in [9.17, 15) is 4.79 Å². The number of hydrogen-bond acceptors (Lipinski definition) is 4. The van der Waals surface area contributed by atoms with Gasteiger partial charge in [0, 0.05) is 25.2 Å². The third-order valence-electron chi connectivity index (χ3n) is 7.40. The molecule has 0 aliphatic rings. The van der Waals surface area contributed by atoms with Crippen molar-refractivity contribution in [1.29, 1.82) is 0 Å². The molecule has 4 aromatic carbocycles. The van der Waals surface area contributed by atoms with Gasteiger partial charge in [-0.1, -0.05) is 116 Å². The Hall–Kier alpha value is -3.73. The van der Waals surface area contributed by atoms with Gasteiger partial charge in [-0.25, -0.2) is 0 Å². The fourth-order valence-corrected chi connectivity index (χ4v) is 5.06. The maximum absolute atomic E-state index is 11.9. The smallest absolute Gasteiger partial charge is 0.146 e. The normalized spacial score (nSPS) is 11.5. The summed E-state index contributed by atoms with van der Waals surface area (Å²) >= 11 is 0. The van der Waals surface area contributed by atoms with E-state index in [2.05, 4.69) is 104 Å². The summed E-state index contributed by atoms with van der Waals surface area (Å²) in [6.45, 7) is 12.5. The SMILES string of the molecule is CC.CC(=O)C(N)CCN(Cc1ccccc1CCc1cccc(C)c1)Cc1ccccc1OCc1cccc(C)c1. The topological polar surface area (TPSA) is 55.6 Å². The van der Waals surface area contributed by atoms with Crippen LogP contribution in [0.5, 0.6) is 5.75 Å². The zero-order valence-corrected chi connectivity index (χ0v) is 26.1. The molecular weight excluding hydrogens is 516 g/mol. The maximum atomic E-state index is 11.9. The third kappa shape index (κ3) is 10.6. The molecule has 42 heavy (non-hydrogen) atoms. The summed E-state index contributed by atoms with van der Waals surface area (Å²) in [4.78, 5) is 14.3. The Balaban J connectivity index is 0.00000237. The van der Waals surface area contributed by atoms with Crippen LogP contribution in [0.25, 0.3) is 0 Å². The van der Waals surface area contributed by atoms with Gasteiger partial charge in [-0.2, -0.15) is 0 Å². The molecule has 0 spiro atoms. The molecule has 0 saturated carbocycles. The van der Waals surface area contributed by atoms with Crippen molar-refractivity contribution in [2.45, 2.75) is 79.6 Å². The molecule has 4 nitrogen and oxygen atoms in total. The van der Waals surface area contributed by atoms with Crippen molar-refractivity contribution in [3.63, 3.8) is 0 Å². The Labute approximate surface area is 253 Å². The van der Waals surface area contributed by atoms with E-state index in [0.29, 0.717) is 19.6 Å². The lowest BCUT2D eigenvalue weighted by molar-refractivity contribution is -0.118. The summed E-state index contributed by atoms with van der Waals surface area (Å²) < 4.78 is 6.31. The van der Waals surface area contributed by atoms with E-state index >= 15 is 0 Å². The van der Waals surface area contributed by atoms with Crippen LogP contribution >= 0.6 is 0 Å². The highest BCUT2D eigenvalue weighted by molar-refractivity contribution is 5.81. The summed E-state index contributed by atoms with van der Waals surface area (Å²) in [6, 6.07) is 33.7. The van der Waals surface area contributed by atoms with Gasteiger partial charge in [0.15, 0.2) is 0 Å². The average Bonchev–Trinajstić information content (AvgIpc) is 3.00. The van der Waals surface area contributed by atoms with Crippen LogP contribution in [0.4, 0.5) is 0 Å². The van der Waals surface area contributed by atoms with Crippen molar-refractivity contribution >= 4 is 5.78 Å². The second kappa shape index (κ2) is 17.3. The predicted octanol–water partition coefficient (Wildman–Crippen LogP) is 8.00. The van der Waals surface area contributed by atoms with E-state index in [-0.39, 0.29) is 5.78 Å². The van der Waals surface area contributed by atoms with Crippen LogP contribution in [-0.2, 0) is 37.3 Å². The Morgan fingerprint density at radius 2 is 1.31 bits per heavy atom. The summed E-state index contributed by atoms with van der Waals surface area (Å²) in [6.07, 6.45) is 2.60. The third-order valence-corrected chi connectivity index (χ3v) is 7.40. The molecule has 4 aromatic rings. The number of ether oxygens (including phenoxy) is 1. The van der Waals surface area contributed by atoms with E-state index in [1.165, 1.54) is 27.8 Å². The molecule has 0 heterocycles. The van der Waals surface area contributed by atoms with Crippen molar-refractivity contribution in [2.24, 2.45) is 5.73 Å². The summed E-state index contributed by atoms with van der Waals surface area (Å²) in [7, 11) is 0. The van der Waals surface area contributed by atoms with Crippen LogP contribution in [0.1, 0.15) is 66.1 Å². The van der Waals surface area contributed by atoms with Crippen molar-refractivity contribution in [1.82, 2.24) is 4.90 Å². The lowest BCUT2D eigenvalue weighted by Gasteiger charge is -2.26. The first-order valence-electron chi connectivity index (χ1n) is 15.2. The number of carbonyl (C=O) groups is 1. The van der Waals surface area contributed by atoms with Gasteiger partial charge in [0.25, 0.3) is 0 Å². The Kier molecular flexibility index (Phi) is 13.5. The molecule has 222 valence electrons. The molecule has 0 bridgehead atoms. The first-order valence-corrected chi connectivity index (χ1v) is 15.2. The fraction of sp³-hybridized carbons (Fsp3) is 0.342. The first-order chi connectivity index (χ1) is 20.4. The van der Waals surface area contributed by atoms with Crippen LogP contribution in [0, 0.1) is 13.8 Å². The van der Waals surface area contributed by atoms with E-state index in [0.717, 1.165) is 42.8 Å². The van der Waals surface area contributed by atoms with Gasteiger partial charge in [0.1, 0.15) is 18.1 Å². The zero-order valence-electron chi connectivity index (χ0n) is 26.1. The quantitative estimate of drug-likeness (QED) is 0.169. The highest BCUT2D eigenvalue weighted by atomic mass is 16.5. The van der Waals surface area contributed by atoms with Crippen molar-refractivity contribution in [2.75, 3.05) is 6.54 Å². The van der Waals surface area contributed by atoms with Gasteiger partial charge in [-0.3, -0.25) is 9.69 Å². The van der Waals surface area contributed by atoms with Gasteiger partial charge >= 0.3 is 0 Å². The van der Waals surface area contributed by atoms with Crippen LogP contribution < -0.4 is 10.5 Å². The monoisotopic (exact) mass is 564 g/mol. The van der Waals surface area contributed by atoms with Gasteiger partial charge in [-0.05, 0) is 68.4 Å². The predicted molar refractivity (Wildman–Crippen MR) is 176 cm³/mol. The Bertz CT molecular complexity index is 1300. The summed E-state index contributed by atoms with van der Waals surface area (Å²) in [5.74, 6) is 0.915. The van der Waals surface area contributed by atoms with Gasteiger partial charge in [-0.15, -0.1) is 0 Å². The molecule has 0 radical (unpaired) electrons. The number of Topliss-reactive ketones (excluding diaryl/α,β-unsaturated/α-hetero) is 1. The number of rotatable bonds is 14. The molecule has 1 atom stereocenters. The van der Waals surface area contributed by atoms with Crippen LogP contribution in [0.15, 0.2) is 97.1 Å². The number of benzene rings is 4. The molecule has 0 aliphatic heterocycles. The number of carbonyl (C=O) groups excluding carboxylic acids is 1. The number of hydrogen-bond donors (Lipinski definition) is 1. The number of nitrogens with zero attached hydrogens (tertiary/aromatic N) is 1. The minimum absolute atomic E-state index is 0.0281. The fourth-order valence-electron chi connectivity index (χ4n) is 5.06. The molecule has 1 unspecified atom stereocenters. The van der Waals surface area contributed by atoms with Crippen molar-refractivity contribution < 1.29 is 9.53 Å². The highest BCUT2D eigenvalue weighted by Gasteiger charge is 2.16. The van der Waals surface area contributed by atoms with E-state index in [4.69, 9.17) is 10.5 Å². The van der Waals surface area contributed by atoms with E-state index < -0.39 is 6.04 Å². The van der Waals surface area contributed by atoms with Crippen LogP contribution in [0.2, 0.25) is 0 Å². The summed E-state index contributed by atoms with van der Waals surface area (Å²) in [5, 5.41) is 0. The molecule has 0 aromatic heterocycles. The number of aryl methyl sites for hydroxylation is 4. The van der Waals surface area contributed by atoms with Gasteiger partial charge < -0.3 is 10.5 Å². The molecule has 0 fully saturated rings. The molecule has 0 amide bonds. The Morgan fingerprint density at radius 3 is 1.98 bits per heavy atom. The minimum Gasteiger partial charge on any atom is -0.489 e. The number of para-hydroxylation sites is 1. The minimum atomic E-state index is -0.452. The first kappa shape index (κ1) is 32.8. The van der Waals surface area contributed by atoms with Crippen LogP contribution in [-0.4, -0.2) is 23.3 Å².